The Morgan fingerprint density at radius 2 is 1.54 bits per heavy atom. The third-order valence-electron chi connectivity index (χ3n) is 5.35. The monoisotopic (exact) mass is 350 g/mol. The highest BCUT2D eigenvalue weighted by molar-refractivity contribution is 5.95. The minimum absolute atomic E-state index is 0.215. The summed E-state index contributed by atoms with van der Waals surface area (Å²) in [5.41, 5.74) is 4.92. The molecule has 0 fully saturated rings. The lowest BCUT2D eigenvalue weighted by Crippen LogP contribution is -2.18. The maximum Gasteiger partial charge on any atom is 0.335 e. The summed E-state index contributed by atoms with van der Waals surface area (Å²) < 4.78 is 27.4. The molecule has 2 aromatic carbocycles. The van der Waals surface area contributed by atoms with Crippen LogP contribution in [0.15, 0.2) is 41.5 Å². The quantitative estimate of drug-likeness (QED) is 0.737. The number of hydrogen-bond donors (Lipinski definition) is 0. The second-order valence-electron chi connectivity index (χ2n) is 6.72. The van der Waals surface area contributed by atoms with Gasteiger partial charge in [-0.05, 0) is 52.9 Å². The zero-order valence-electron chi connectivity index (χ0n) is 13.7. The van der Waals surface area contributed by atoms with E-state index in [0.717, 1.165) is 39.3 Å². The van der Waals surface area contributed by atoms with E-state index < -0.39 is 0 Å². The number of fused-ring (bicyclic) bond motifs is 3. The Morgan fingerprint density at radius 1 is 0.808 bits per heavy atom. The molecule has 6 heteroatoms. The van der Waals surface area contributed by atoms with E-state index in [1.54, 1.807) is 0 Å². The Labute approximate surface area is 148 Å². The number of esters is 1. The molecule has 0 unspecified atom stereocenters. The van der Waals surface area contributed by atoms with Gasteiger partial charge in [0.1, 0.15) is 6.61 Å². The molecular weight excluding hydrogens is 336 g/mol. The van der Waals surface area contributed by atoms with Crippen molar-refractivity contribution >= 4 is 5.97 Å². The van der Waals surface area contributed by atoms with E-state index >= 15 is 0 Å². The van der Waals surface area contributed by atoms with Crippen molar-refractivity contribution in [3.8, 4) is 23.0 Å². The normalized spacial score (nSPS) is 21.5. The van der Waals surface area contributed by atoms with Gasteiger partial charge < -0.3 is 23.7 Å². The van der Waals surface area contributed by atoms with Crippen molar-refractivity contribution in [2.75, 3.05) is 20.2 Å². The van der Waals surface area contributed by atoms with Crippen molar-refractivity contribution in [1.29, 1.82) is 0 Å². The molecule has 0 aromatic heterocycles. The van der Waals surface area contributed by atoms with Gasteiger partial charge in [-0.3, -0.25) is 0 Å². The summed E-state index contributed by atoms with van der Waals surface area (Å²) in [4.78, 5) is 12.5. The number of cyclic esters (lactones) is 1. The Hall–Kier alpha value is -3.15. The molecule has 26 heavy (non-hydrogen) atoms. The Kier molecular flexibility index (Phi) is 2.67. The second-order valence-corrected chi connectivity index (χ2v) is 6.72. The SMILES string of the molecule is O=C1OCC2=C1[C@H](c1ccc3c(c1)OCO3)c1cc3c(cc1C2)OCO3. The fraction of sp³-hybridized carbons (Fsp3) is 0.250. The van der Waals surface area contributed by atoms with Crippen LogP contribution < -0.4 is 18.9 Å². The van der Waals surface area contributed by atoms with Crippen molar-refractivity contribution in [3.05, 3.63) is 58.2 Å². The molecule has 1 aliphatic carbocycles. The lowest BCUT2D eigenvalue weighted by atomic mass is 9.75. The van der Waals surface area contributed by atoms with Crippen LogP contribution in [0.1, 0.15) is 22.6 Å². The van der Waals surface area contributed by atoms with Crippen LogP contribution in [0.25, 0.3) is 0 Å². The van der Waals surface area contributed by atoms with E-state index in [1.807, 2.05) is 30.3 Å². The fourth-order valence-electron chi connectivity index (χ4n) is 4.17. The molecule has 0 saturated carbocycles. The van der Waals surface area contributed by atoms with Crippen molar-refractivity contribution < 1.29 is 28.5 Å². The maximum atomic E-state index is 12.5. The first-order chi connectivity index (χ1) is 12.8. The van der Waals surface area contributed by atoms with Gasteiger partial charge in [-0.15, -0.1) is 0 Å². The first-order valence-corrected chi connectivity index (χ1v) is 8.49. The summed E-state index contributed by atoms with van der Waals surface area (Å²) >= 11 is 0. The Morgan fingerprint density at radius 3 is 2.38 bits per heavy atom. The highest BCUT2D eigenvalue weighted by atomic mass is 16.7. The van der Waals surface area contributed by atoms with E-state index in [-0.39, 0.29) is 25.5 Å². The third-order valence-corrected chi connectivity index (χ3v) is 5.35. The first-order valence-electron chi connectivity index (χ1n) is 8.49. The molecule has 0 spiro atoms. The first kappa shape index (κ1) is 14.1. The van der Waals surface area contributed by atoms with Crippen LogP contribution in [0.4, 0.5) is 0 Å². The minimum atomic E-state index is -0.244. The van der Waals surface area contributed by atoms with Crippen LogP contribution in [-0.4, -0.2) is 26.2 Å². The molecule has 0 bridgehead atoms. The predicted octanol–water partition coefficient (Wildman–Crippen LogP) is 2.69. The standard InChI is InChI=1S/C20H14O6/c21-20-19-12(7-22-20)3-11-5-16-17(26-9-25-16)6-13(11)18(19)10-1-2-14-15(4-10)24-8-23-14/h1-2,4-6,18H,3,7-9H2/t18-/m1/s1. The molecule has 3 heterocycles. The topological polar surface area (TPSA) is 63.2 Å². The van der Waals surface area contributed by atoms with Crippen LogP contribution in [-0.2, 0) is 16.0 Å². The lowest BCUT2D eigenvalue weighted by Gasteiger charge is -2.26. The molecule has 0 radical (unpaired) electrons. The summed E-state index contributed by atoms with van der Waals surface area (Å²) in [7, 11) is 0. The van der Waals surface area contributed by atoms with Gasteiger partial charge in [-0.1, -0.05) is 6.07 Å². The van der Waals surface area contributed by atoms with Crippen LogP contribution in [0.2, 0.25) is 0 Å². The van der Waals surface area contributed by atoms with Crippen molar-refractivity contribution in [3.63, 3.8) is 0 Å². The molecule has 0 N–H and O–H groups in total. The fourth-order valence-corrected chi connectivity index (χ4v) is 4.17. The second kappa shape index (κ2) is 4.94. The Balaban J connectivity index is 1.57. The van der Waals surface area contributed by atoms with E-state index in [9.17, 15) is 4.79 Å². The van der Waals surface area contributed by atoms with Gasteiger partial charge in [-0.25, -0.2) is 4.79 Å². The molecule has 130 valence electrons. The largest absolute Gasteiger partial charge is 0.458 e. The van der Waals surface area contributed by atoms with E-state index in [2.05, 4.69) is 0 Å². The van der Waals surface area contributed by atoms with Gasteiger partial charge in [-0.2, -0.15) is 0 Å². The highest BCUT2D eigenvalue weighted by Gasteiger charge is 2.39. The van der Waals surface area contributed by atoms with Crippen molar-refractivity contribution in [2.24, 2.45) is 0 Å². The van der Waals surface area contributed by atoms with Crippen LogP contribution >= 0.6 is 0 Å². The number of carbonyl (C=O) groups excluding carboxylic acids is 1. The molecule has 2 aromatic rings. The molecule has 3 aliphatic heterocycles. The maximum absolute atomic E-state index is 12.5. The van der Waals surface area contributed by atoms with Crippen LogP contribution in [0.5, 0.6) is 23.0 Å². The highest BCUT2D eigenvalue weighted by Crippen LogP contribution is 2.49. The van der Waals surface area contributed by atoms with E-state index in [4.69, 9.17) is 23.7 Å². The van der Waals surface area contributed by atoms with Crippen LogP contribution in [0.3, 0.4) is 0 Å². The number of hydrogen-bond acceptors (Lipinski definition) is 6. The van der Waals surface area contributed by atoms with Gasteiger partial charge in [0, 0.05) is 5.92 Å². The Bertz CT molecular complexity index is 1010. The van der Waals surface area contributed by atoms with Crippen LogP contribution in [0, 0.1) is 0 Å². The van der Waals surface area contributed by atoms with E-state index in [0.29, 0.717) is 24.5 Å². The average molecular weight is 350 g/mol. The molecular formula is C20H14O6. The number of rotatable bonds is 1. The molecule has 4 aliphatic rings. The molecule has 6 rings (SSSR count). The summed E-state index contributed by atoms with van der Waals surface area (Å²) in [5, 5.41) is 0. The van der Waals surface area contributed by atoms with Gasteiger partial charge in [0.05, 0.1) is 5.57 Å². The van der Waals surface area contributed by atoms with Gasteiger partial charge in [0.25, 0.3) is 0 Å². The van der Waals surface area contributed by atoms with Gasteiger partial charge in [0.2, 0.25) is 13.6 Å². The third kappa shape index (κ3) is 1.84. The average Bonchev–Trinajstić information content (AvgIpc) is 3.37. The summed E-state index contributed by atoms with van der Waals surface area (Å²) in [5.74, 6) is 2.42. The summed E-state index contributed by atoms with van der Waals surface area (Å²) in [6, 6.07) is 9.82. The van der Waals surface area contributed by atoms with Gasteiger partial charge >= 0.3 is 5.97 Å². The number of carbonyl (C=O) groups is 1. The summed E-state index contributed by atoms with van der Waals surface area (Å²) in [6.07, 6.45) is 0.689. The van der Waals surface area contributed by atoms with Gasteiger partial charge in [0.15, 0.2) is 23.0 Å². The zero-order valence-corrected chi connectivity index (χ0v) is 13.7. The predicted molar refractivity (Wildman–Crippen MR) is 88.7 cm³/mol. The molecule has 0 saturated heterocycles. The zero-order chi connectivity index (χ0) is 17.3. The smallest absolute Gasteiger partial charge is 0.335 e. The molecule has 6 nitrogen and oxygen atoms in total. The van der Waals surface area contributed by atoms with Crippen molar-refractivity contribution in [2.45, 2.75) is 12.3 Å². The van der Waals surface area contributed by atoms with Crippen molar-refractivity contribution in [1.82, 2.24) is 0 Å². The summed E-state index contributed by atoms with van der Waals surface area (Å²) in [6.45, 7) is 0.792. The number of ether oxygens (including phenoxy) is 5. The lowest BCUT2D eigenvalue weighted by molar-refractivity contribution is -0.136. The number of benzene rings is 2. The molecule has 0 amide bonds. The molecule has 1 atom stereocenters. The minimum Gasteiger partial charge on any atom is -0.458 e. The van der Waals surface area contributed by atoms with E-state index in [1.165, 1.54) is 0 Å².